The Morgan fingerprint density at radius 1 is 0.569 bits per heavy atom. The number of hydrogen-bond donors (Lipinski definition) is 0. The van der Waals surface area contributed by atoms with Gasteiger partial charge in [0.2, 0.25) is 5.91 Å². The Morgan fingerprint density at radius 2 is 1.06 bits per heavy atom. The van der Waals surface area contributed by atoms with Crippen molar-refractivity contribution in [2.75, 3.05) is 40.3 Å². The third-order valence-corrected chi connectivity index (χ3v) is 10.0. The van der Waals surface area contributed by atoms with Crippen LogP contribution in [0.2, 0.25) is 0 Å². The van der Waals surface area contributed by atoms with E-state index in [1.807, 2.05) is 37.3 Å². The van der Waals surface area contributed by atoms with Crippen LogP contribution in [0.5, 0.6) is 0 Å². The molecule has 2 aromatic carbocycles. The second-order valence-electron chi connectivity index (χ2n) is 14.9. The SMILES string of the molecule is CCCCCCCCCCCCCCCCCC(=O)N(CCCCCCOC(=O)C(C)c1ccc(C(=O)c2ccccc2)cc1)CCCN(C)C. The molecule has 6 nitrogen and oxygen atoms in total. The first kappa shape index (κ1) is 44.2. The van der Waals surface area contributed by atoms with Gasteiger partial charge in [-0.15, -0.1) is 0 Å². The van der Waals surface area contributed by atoms with Crippen molar-refractivity contribution in [1.82, 2.24) is 9.80 Å². The highest BCUT2D eigenvalue weighted by molar-refractivity contribution is 6.09. The van der Waals surface area contributed by atoms with Crippen LogP contribution in [-0.4, -0.2) is 67.8 Å². The topological polar surface area (TPSA) is 66.9 Å². The van der Waals surface area contributed by atoms with Gasteiger partial charge >= 0.3 is 5.97 Å². The van der Waals surface area contributed by atoms with Gasteiger partial charge in [0.1, 0.15) is 0 Å². The molecule has 286 valence electrons. The molecule has 6 heteroatoms. The summed E-state index contributed by atoms with van der Waals surface area (Å²) in [7, 11) is 4.17. The third kappa shape index (κ3) is 20.6. The van der Waals surface area contributed by atoms with Gasteiger partial charge in [-0.1, -0.05) is 158 Å². The van der Waals surface area contributed by atoms with Crippen molar-refractivity contribution in [3.63, 3.8) is 0 Å². The number of esters is 1. The Balaban J connectivity index is 1.56. The van der Waals surface area contributed by atoms with Gasteiger partial charge in [-0.25, -0.2) is 0 Å². The molecule has 0 fully saturated rings. The van der Waals surface area contributed by atoms with Crippen molar-refractivity contribution in [3.8, 4) is 0 Å². The predicted octanol–water partition coefficient (Wildman–Crippen LogP) is 11.2. The molecule has 0 spiro atoms. The summed E-state index contributed by atoms with van der Waals surface area (Å²) < 4.78 is 5.59. The Hall–Kier alpha value is -2.99. The number of rotatable bonds is 31. The highest BCUT2D eigenvalue weighted by Crippen LogP contribution is 2.20. The number of carbonyl (C=O) groups is 3. The van der Waals surface area contributed by atoms with Crippen LogP contribution in [0.25, 0.3) is 0 Å². The van der Waals surface area contributed by atoms with Crippen LogP contribution < -0.4 is 0 Å². The van der Waals surface area contributed by atoms with E-state index in [9.17, 15) is 14.4 Å². The standard InChI is InChI=1S/C45H72N2O4/c1-5-6-7-8-9-10-11-12-13-14-15-16-17-18-24-30-43(48)47(37-27-35-46(3)4)36-25-19-20-26-38-51-45(50)39(2)40-31-33-42(34-32-40)44(49)41-28-22-21-23-29-41/h21-23,28-29,31-34,39H,5-20,24-27,30,35-38H2,1-4H3. The van der Waals surface area contributed by atoms with E-state index in [-0.39, 0.29) is 11.8 Å². The molecule has 2 aromatic rings. The second kappa shape index (κ2) is 28.6. The van der Waals surface area contributed by atoms with Crippen molar-refractivity contribution in [1.29, 1.82) is 0 Å². The molecule has 0 aliphatic rings. The first-order valence-corrected chi connectivity index (χ1v) is 20.6. The second-order valence-corrected chi connectivity index (χ2v) is 14.9. The molecule has 0 radical (unpaired) electrons. The van der Waals surface area contributed by atoms with Crippen LogP contribution in [0.4, 0.5) is 0 Å². The summed E-state index contributed by atoms with van der Waals surface area (Å²) in [5.74, 6) is -0.353. The van der Waals surface area contributed by atoms with Crippen molar-refractivity contribution in [2.45, 2.75) is 155 Å². The normalized spacial score (nSPS) is 11.9. The van der Waals surface area contributed by atoms with Gasteiger partial charge in [0, 0.05) is 30.6 Å². The van der Waals surface area contributed by atoms with E-state index in [4.69, 9.17) is 4.74 Å². The van der Waals surface area contributed by atoms with E-state index in [1.165, 1.54) is 83.5 Å². The van der Waals surface area contributed by atoms with Crippen molar-refractivity contribution < 1.29 is 19.1 Å². The number of carbonyl (C=O) groups excluding carboxylic acids is 3. The Kier molecular flexibility index (Phi) is 24.8. The van der Waals surface area contributed by atoms with Crippen molar-refractivity contribution in [3.05, 3.63) is 71.3 Å². The number of ketones is 1. The van der Waals surface area contributed by atoms with Gasteiger partial charge in [-0.2, -0.15) is 0 Å². The number of benzene rings is 2. The fraction of sp³-hybridized carbons (Fsp3) is 0.667. The fourth-order valence-corrected chi connectivity index (χ4v) is 6.62. The lowest BCUT2D eigenvalue weighted by Gasteiger charge is -2.24. The molecule has 0 heterocycles. The smallest absolute Gasteiger partial charge is 0.313 e. The van der Waals surface area contributed by atoms with Gasteiger partial charge in [-0.3, -0.25) is 14.4 Å². The van der Waals surface area contributed by atoms with E-state index in [2.05, 4.69) is 30.8 Å². The molecular weight excluding hydrogens is 633 g/mol. The lowest BCUT2D eigenvalue weighted by Crippen LogP contribution is -2.34. The maximum atomic E-state index is 13.1. The number of unbranched alkanes of at least 4 members (excludes halogenated alkanes) is 17. The maximum Gasteiger partial charge on any atom is 0.313 e. The fourth-order valence-electron chi connectivity index (χ4n) is 6.62. The first-order chi connectivity index (χ1) is 24.8. The molecule has 1 atom stereocenters. The summed E-state index contributed by atoms with van der Waals surface area (Å²) in [6, 6.07) is 16.5. The van der Waals surface area contributed by atoms with E-state index in [1.54, 1.807) is 24.3 Å². The zero-order chi connectivity index (χ0) is 36.9. The molecule has 0 aliphatic heterocycles. The number of amides is 1. The summed E-state index contributed by atoms with van der Waals surface area (Å²) in [5.41, 5.74) is 2.10. The molecule has 0 N–H and O–H groups in total. The summed E-state index contributed by atoms with van der Waals surface area (Å²) in [4.78, 5) is 42.8. The highest BCUT2D eigenvalue weighted by atomic mass is 16.5. The average molecular weight is 705 g/mol. The third-order valence-electron chi connectivity index (χ3n) is 10.0. The van der Waals surface area contributed by atoms with E-state index < -0.39 is 5.92 Å². The Labute approximate surface area is 312 Å². The first-order valence-electron chi connectivity index (χ1n) is 20.6. The molecule has 0 aliphatic carbocycles. The summed E-state index contributed by atoms with van der Waals surface area (Å²) >= 11 is 0. The highest BCUT2D eigenvalue weighted by Gasteiger charge is 2.18. The minimum atomic E-state index is -0.392. The molecule has 2 rings (SSSR count). The van der Waals surface area contributed by atoms with Crippen molar-refractivity contribution in [2.24, 2.45) is 0 Å². The lowest BCUT2D eigenvalue weighted by atomic mass is 9.97. The number of hydrogen-bond acceptors (Lipinski definition) is 5. The van der Waals surface area contributed by atoms with Crippen LogP contribution in [0.1, 0.15) is 176 Å². The van der Waals surface area contributed by atoms with Crippen molar-refractivity contribution >= 4 is 17.7 Å². The zero-order valence-corrected chi connectivity index (χ0v) is 33.0. The van der Waals surface area contributed by atoms with Gasteiger partial charge in [0.05, 0.1) is 12.5 Å². The lowest BCUT2D eigenvalue weighted by molar-refractivity contribution is -0.145. The predicted molar refractivity (Wildman–Crippen MR) is 213 cm³/mol. The zero-order valence-electron chi connectivity index (χ0n) is 33.0. The van der Waals surface area contributed by atoms with Gasteiger partial charge < -0.3 is 14.5 Å². The largest absolute Gasteiger partial charge is 0.465 e. The number of ether oxygens (including phenoxy) is 1. The Bertz CT molecular complexity index is 1180. The molecule has 1 unspecified atom stereocenters. The minimum Gasteiger partial charge on any atom is -0.465 e. The van der Waals surface area contributed by atoms with E-state index in [0.717, 1.165) is 70.1 Å². The van der Waals surface area contributed by atoms with E-state index in [0.29, 0.717) is 30.1 Å². The van der Waals surface area contributed by atoms with Crippen LogP contribution in [-0.2, 0) is 14.3 Å². The van der Waals surface area contributed by atoms with Crippen LogP contribution in [0.3, 0.4) is 0 Å². The summed E-state index contributed by atoms with van der Waals surface area (Å²) in [5, 5.41) is 0. The summed E-state index contributed by atoms with van der Waals surface area (Å²) in [6.07, 6.45) is 25.5. The van der Waals surface area contributed by atoms with Crippen LogP contribution in [0, 0.1) is 0 Å². The van der Waals surface area contributed by atoms with Gasteiger partial charge in [0.25, 0.3) is 0 Å². The van der Waals surface area contributed by atoms with E-state index >= 15 is 0 Å². The van der Waals surface area contributed by atoms with Gasteiger partial charge in [0.15, 0.2) is 5.78 Å². The minimum absolute atomic E-state index is 0.0290. The molecule has 0 saturated heterocycles. The average Bonchev–Trinajstić information content (AvgIpc) is 3.14. The monoisotopic (exact) mass is 705 g/mol. The maximum absolute atomic E-state index is 13.1. The molecule has 0 bridgehead atoms. The molecule has 1 amide bonds. The molecule has 51 heavy (non-hydrogen) atoms. The molecular formula is C45H72N2O4. The van der Waals surface area contributed by atoms with Crippen LogP contribution >= 0.6 is 0 Å². The van der Waals surface area contributed by atoms with Crippen LogP contribution in [0.15, 0.2) is 54.6 Å². The quantitative estimate of drug-likeness (QED) is 0.0444. The number of nitrogens with zero attached hydrogens (tertiary/aromatic N) is 2. The summed E-state index contributed by atoms with van der Waals surface area (Å²) in [6.45, 7) is 7.15. The molecule has 0 aromatic heterocycles. The molecule has 0 saturated carbocycles. The van der Waals surface area contributed by atoms with Gasteiger partial charge in [-0.05, 0) is 65.2 Å². The Morgan fingerprint density at radius 3 is 1.63 bits per heavy atom.